The van der Waals surface area contributed by atoms with Gasteiger partial charge in [0.1, 0.15) is 12.3 Å². The van der Waals surface area contributed by atoms with Crippen molar-refractivity contribution in [2.24, 2.45) is 0 Å². The summed E-state index contributed by atoms with van der Waals surface area (Å²) in [6, 6.07) is -1.24. The molecule has 134 valence electrons. The van der Waals surface area contributed by atoms with E-state index in [4.69, 9.17) is 0 Å². The summed E-state index contributed by atoms with van der Waals surface area (Å²) in [4.78, 5) is 11.5. The van der Waals surface area contributed by atoms with Crippen molar-refractivity contribution in [1.29, 1.82) is 0 Å². The van der Waals surface area contributed by atoms with Gasteiger partial charge >= 0.3 is 12.1 Å². The first-order valence-electron chi connectivity index (χ1n) is 7.00. The van der Waals surface area contributed by atoms with E-state index in [1.165, 1.54) is 0 Å². The lowest BCUT2D eigenvalue weighted by atomic mass is 9.92. The van der Waals surface area contributed by atoms with Crippen LogP contribution in [0.4, 0.5) is 35.1 Å². The largest absolute Gasteiger partial charge is 0.435 e. The van der Waals surface area contributed by atoms with E-state index >= 15 is 0 Å². The Bertz CT molecular complexity index is 682. The number of Topliss-reactive ketones (excluding diaryl/α,β-unsaturated/α-hetero) is 1. The molecule has 1 aromatic rings. The molecule has 0 N–H and O–H groups in total. The molecule has 3 nitrogen and oxygen atoms in total. The van der Waals surface area contributed by atoms with Crippen molar-refractivity contribution in [3.05, 3.63) is 17.0 Å². The Morgan fingerprint density at radius 1 is 1.08 bits per heavy atom. The highest BCUT2D eigenvalue weighted by molar-refractivity contribution is 6.07. The molecule has 0 saturated heterocycles. The van der Waals surface area contributed by atoms with Crippen LogP contribution in [0.5, 0.6) is 0 Å². The second kappa shape index (κ2) is 5.16. The number of aromatic nitrogens is 2. The predicted molar refractivity (Wildman–Crippen MR) is 63.0 cm³/mol. The number of carbonyl (C=O) groups excluding carboxylic acids is 1. The van der Waals surface area contributed by atoms with Gasteiger partial charge in [-0.2, -0.15) is 27.1 Å². The summed E-state index contributed by atoms with van der Waals surface area (Å²) in [5, 5.41) is 3.06. The zero-order valence-electron chi connectivity index (χ0n) is 11.8. The van der Waals surface area contributed by atoms with Crippen molar-refractivity contribution in [1.82, 2.24) is 9.78 Å². The average Bonchev–Trinajstić information content (AvgIpc) is 2.94. The monoisotopic (exact) mass is 362 g/mol. The molecule has 0 radical (unpaired) electrons. The molecule has 4 atom stereocenters. The molecular formula is C13H10F8N2O. The molecule has 0 amide bonds. The van der Waals surface area contributed by atoms with E-state index in [1.807, 2.05) is 0 Å². The quantitative estimate of drug-likeness (QED) is 0.704. The van der Waals surface area contributed by atoms with Crippen LogP contribution < -0.4 is 0 Å². The summed E-state index contributed by atoms with van der Waals surface area (Å²) in [5.74, 6) is -6.96. The maximum absolute atomic E-state index is 14.0. The summed E-state index contributed by atoms with van der Waals surface area (Å²) in [7, 11) is 0. The fraction of sp³-hybridized carbons (Fsp3) is 0.692. The molecule has 2 aliphatic carbocycles. The first-order chi connectivity index (χ1) is 11.0. The lowest BCUT2D eigenvalue weighted by Crippen LogP contribution is -2.32. The van der Waals surface area contributed by atoms with Gasteiger partial charge in [-0.3, -0.25) is 9.48 Å². The Balaban J connectivity index is 2.13. The van der Waals surface area contributed by atoms with Gasteiger partial charge in [0.25, 0.3) is 0 Å². The van der Waals surface area contributed by atoms with E-state index in [1.54, 1.807) is 0 Å². The lowest BCUT2D eigenvalue weighted by molar-refractivity contribution is -0.142. The molecule has 3 rings (SSSR count). The number of halogens is 8. The van der Waals surface area contributed by atoms with E-state index < -0.39 is 65.8 Å². The number of carbonyl (C=O) groups is 1. The fourth-order valence-corrected chi connectivity index (χ4v) is 3.12. The van der Waals surface area contributed by atoms with Crippen LogP contribution in [0, 0.1) is 0 Å². The second-order valence-electron chi connectivity index (χ2n) is 5.86. The molecule has 1 saturated carbocycles. The normalized spacial score (nSPS) is 32.9. The number of alkyl halides is 8. The van der Waals surface area contributed by atoms with Gasteiger partial charge in [0.15, 0.2) is 5.69 Å². The Kier molecular flexibility index (Phi) is 3.69. The molecule has 0 aliphatic heterocycles. The maximum atomic E-state index is 14.0. The van der Waals surface area contributed by atoms with Gasteiger partial charge < -0.3 is 0 Å². The summed E-state index contributed by atoms with van der Waals surface area (Å²) in [6.45, 7) is 0. The van der Waals surface area contributed by atoms with Crippen molar-refractivity contribution >= 4 is 5.78 Å². The van der Waals surface area contributed by atoms with Crippen LogP contribution in [0.1, 0.15) is 53.2 Å². The third-order valence-corrected chi connectivity index (χ3v) is 4.32. The van der Waals surface area contributed by atoms with Gasteiger partial charge in [0.2, 0.25) is 12.0 Å². The van der Waals surface area contributed by atoms with Crippen LogP contribution in [0.15, 0.2) is 0 Å². The van der Waals surface area contributed by atoms with Gasteiger partial charge in [0, 0.05) is 6.42 Å². The fourth-order valence-electron chi connectivity index (χ4n) is 3.12. The molecular weight excluding hydrogens is 352 g/mol. The summed E-state index contributed by atoms with van der Waals surface area (Å²) in [5.41, 5.74) is -4.68. The number of fused-ring (bicyclic) bond motifs is 1. The zero-order chi connectivity index (χ0) is 18.0. The zero-order valence-corrected chi connectivity index (χ0v) is 11.8. The maximum Gasteiger partial charge on any atom is 0.435 e. The van der Waals surface area contributed by atoms with E-state index in [0.717, 1.165) is 0 Å². The Hall–Kier alpha value is -1.68. The van der Waals surface area contributed by atoms with Crippen LogP contribution in [0.3, 0.4) is 0 Å². The Morgan fingerprint density at radius 3 is 2.25 bits per heavy atom. The second-order valence-corrected chi connectivity index (χ2v) is 5.86. The minimum absolute atomic E-state index is 0.209. The molecule has 24 heavy (non-hydrogen) atoms. The Morgan fingerprint density at radius 2 is 1.71 bits per heavy atom. The van der Waals surface area contributed by atoms with Gasteiger partial charge in [-0.1, -0.05) is 0 Å². The molecule has 0 unspecified atom stereocenters. The minimum Gasteiger partial charge on any atom is -0.287 e. The van der Waals surface area contributed by atoms with Crippen molar-refractivity contribution in [2.75, 3.05) is 0 Å². The minimum atomic E-state index is -5.27. The van der Waals surface area contributed by atoms with E-state index in [2.05, 4.69) is 5.10 Å². The molecule has 1 aromatic heterocycles. The van der Waals surface area contributed by atoms with Crippen molar-refractivity contribution < 1.29 is 39.9 Å². The van der Waals surface area contributed by atoms with Crippen LogP contribution in [0.2, 0.25) is 0 Å². The van der Waals surface area contributed by atoms with Gasteiger partial charge in [0.05, 0.1) is 17.3 Å². The third-order valence-electron chi connectivity index (χ3n) is 4.32. The molecule has 11 heteroatoms. The first kappa shape index (κ1) is 17.2. The van der Waals surface area contributed by atoms with E-state index in [-0.39, 0.29) is 12.8 Å². The highest BCUT2D eigenvalue weighted by Gasteiger charge is 2.62. The number of rotatable bonds is 1. The predicted octanol–water partition coefficient (Wildman–Crippen LogP) is 4.15. The van der Waals surface area contributed by atoms with E-state index in [9.17, 15) is 39.9 Å². The molecule has 0 spiro atoms. The van der Waals surface area contributed by atoms with Gasteiger partial charge in [-0.05, 0) is 12.8 Å². The van der Waals surface area contributed by atoms with Crippen LogP contribution in [-0.2, 0) is 6.18 Å². The van der Waals surface area contributed by atoms with E-state index in [0.29, 0.717) is 4.68 Å². The summed E-state index contributed by atoms with van der Waals surface area (Å²) < 4.78 is 107. The number of ketones is 1. The van der Waals surface area contributed by atoms with Crippen LogP contribution in [0.25, 0.3) is 0 Å². The molecule has 1 heterocycles. The summed E-state index contributed by atoms with van der Waals surface area (Å²) in [6.07, 6.45) is -13.7. The highest BCUT2D eigenvalue weighted by Crippen LogP contribution is 2.51. The molecule has 0 aromatic carbocycles. The molecule has 0 bridgehead atoms. The SMILES string of the molecule is O=C1c2c(C(F)(F)F)nn([C@H]3CC[C@H](F)[C@H](F)C3)c2[C@@H](F)C1(F)F. The summed E-state index contributed by atoms with van der Waals surface area (Å²) >= 11 is 0. The Labute approximate surface area is 129 Å². The van der Waals surface area contributed by atoms with Crippen LogP contribution >= 0.6 is 0 Å². The molecule has 2 aliphatic rings. The van der Waals surface area contributed by atoms with Crippen LogP contribution in [-0.4, -0.2) is 33.8 Å². The number of hydrogen-bond acceptors (Lipinski definition) is 2. The first-order valence-corrected chi connectivity index (χ1v) is 7.00. The van der Waals surface area contributed by atoms with Crippen molar-refractivity contribution in [2.45, 2.75) is 55.9 Å². The third kappa shape index (κ3) is 2.31. The smallest absolute Gasteiger partial charge is 0.287 e. The number of nitrogens with zero attached hydrogens (tertiary/aromatic N) is 2. The van der Waals surface area contributed by atoms with Gasteiger partial charge in [-0.25, -0.2) is 13.2 Å². The van der Waals surface area contributed by atoms with Crippen molar-refractivity contribution in [3.63, 3.8) is 0 Å². The lowest BCUT2D eigenvalue weighted by Gasteiger charge is -2.29. The highest BCUT2D eigenvalue weighted by atomic mass is 19.4. The van der Waals surface area contributed by atoms with Gasteiger partial charge in [-0.15, -0.1) is 0 Å². The van der Waals surface area contributed by atoms with Crippen molar-refractivity contribution in [3.8, 4) is 0 Å². The number of hydrogen-bond donors (Lipinski definition) is 0. The standard InChI is InChI=1S/C13H10F8N2O/c14-5-2-1-4(3-6(5)15)23-8-7(10(22-23)13(19,20)21)11(24)12(17,18)9(8)16/h4-6,9H,1-3H2/t4-,5-,6+,9+/m0/s1. The molecule has 1 fully saturated rings. The average molecular weight is 362 g/mol. The topological polar surface area (TPSA) is 34.9 Å².